The van der Waals surface area contributed by atoms with E-state index in [0.717, 1.165) is 53.5 Å². The van der Waals surface area contributed by atoms with Gasteiger partial charge >= 0.3 is 0 Å². The van der Waals surface area contributed by atoms with Gasteiger partial charge in [0, 0.05) is 66.0 Å². The average Bonchev–Trinajstić information content (AvgIpc) is 3.54. The van der Waals surface area contributed by atoms with Crippen molar-refractivity contribution in [2.45, 2.75) is 51.6 Å². The van der Waals surface area contributed by atoms with E-state index in [1.165, 1.54) is 0 Å². The van der Waals surface area contributed by atoms with Gasteiger partial charge in [-0.15, -0.1) is 0 Å². The van der Waals surface area contributed by atoms with Gasteiger partial charge in [0.2, 0.25) is 5.91 Å². The van der Waals surface area contributed by atoms with E-state index < -0.39 is 0 Å². The highest BCUT2D eigenvalue weighted by Gasteiger charge is 2.27. The van der Waals surface area contributed by atoms with E-state index in [0.29, 0.717) is 11.9 Å². The van der Waals surface area contributed by atoms with E-state index in [1.54, 1.807) is 4.68 Å². The van der Waals surface area contributed by atoms with E-state index in [2.05, 4.69) is 43.8 Å². The molecule has 1 aliphatic rings. The molecule has 8 heteroatoms. The van der Waals surface area contributed by atoms with Crippen LogP contribution in [0.3, 0.4) is 0 Å². The van der Waals surface area contributed by atoms with Gasteiger partial charge in [0.25, 0.3) is 0 Å². The minimum absolute atomic E-state index is 0.112. The molecule has 0 bridgehead atoms. The molecule has 5 rings (SSSR count). The molecule has 180 valence electrons. The molecule has 3 aromatic heterocycles. The molecule has 4 aromatic rings. The molecule has 0 aliphatic heterocycles. The molecule has 1 N–H and O–H groups in total. The van der Waals surface area contributed by atoms with Gasteiger partial charge in [-0.25, -0.2) is 9.97 Å². The van der Waals surface area contributed by atoms with Crippen molar-refractivity contribution < 1.29 is 4.79 Å². The maximum absolute atomic E-state index is 12.3. The fourth-order valence-electron chi connectivity index (χ4n) is 4.73. The van der Waals surface area contributed by atoms with Crippen molar-refractivity contribution in [2.75, 3.05) is 0 Å². The lowest BCUT2D eigenvalue weighted by Crippen LogP contribution is -2.37. The SMILES string of the molecule is CC(C)NC(=O)[C@H]1CC[C@H](n2cc(-c3cnc(-c4cccc(-c5cnn(C)c5)c4)nc3)cn2)CC1. The maximum Gasteiger partial charge on any atom is 0.223 e. The fourth-order valence-corrected chi connectivity index (χ4v) is 4.73. The van der Waals surface area contributed by atoms with Crippen LogP contribution in [0.1, 0.15) is 45.6 Å². The van der Waals surface area contributed by atoms with Gasteiger partial charge in [-0.3, -0.25) is 14.2 Å². The lowest BCUT2D eigenvalue weighted by Gasteiger charge is -2.28. The second-order valence-electron chi connectivity index (χ2n) is 9.66. The predicted molar refractivity (Wildman–Crippen MR) is 135 cm³/mol. The quantitative estimate of drug-likeness (QED) is 0.443. The molecule has 35 heavy (non-hydrogen) atoms. The molecule has 1 aliphatic carbocycles. The largest absolute Gasteiger partial charge is 0.354 e. The van der Waals surface area contributed by atoms with Crippen LogP contribution in [0.2, 0.25) is 0 Å². The smallest absolute Gasteiger partial charge is 0.223 e. The minimum Gasteiger partial charge on any atom is -0.354 e. The summed E-state index contributed by atoms with van der Waals surface area (Å²) < 4.78 is 3.83. The summed E-state index contributed by atoms with van der Waals surface area (Å²) in [5.41, 5.74) is 5.05. The van der Waals surface area contributed by atoms with Crippen molar-refractivity contribution in [3.63, 3.8) is 0 Å². The van der Waals surface area contributed by atoms with Crippen LogP contribution in [0.5, 0.6) is 0 Å². The lowest BCUT2D eigenvalue weighted by atomic mass is 9.85. The molecule has 0 atom stereocenters. The molecule has 1 amide bonds. The third-order valence-electron chi connectivity index (χ3n) is 6.62. The number of hydrogen-bond donors (Lipinski definition) is 1. The number of carbonyl (C=O) groups is 1. The lowest BCUT2D eigenvalue weighted by molar-refractivity contribution is -0.126. The highest BCUT2D eigenvalue weighted by molar-refractivity contribution is 5.79. The van der Waals surface area contributed by atoms with Crippen LogP contribution in [-0.4, -0.2) is 41.5 Å². The number of aromatic nitrogens is 6. The summed E-state index contributed by atoms with van der Waals surface area (Å²) in [5.74, 6) is 0.981. The second-order valence-corrected chi connectivity index (χ2v) is 9.66. The van der Waals surface area contributed by atoms with Gasteiger partial charge in [0.05, 0.1) is 18.4 Å². The number of amides is 1. The Hall–Kier alpha value is -3.81. The molecule has 0 saturated heterocycles. The van der Waals surface area contributed by atoms with Crippen LogP contribution in [0.15, 0.2) is 61.4 Å². The van der Waals surface area contributed by atoms with Crippen LogP contribution in [0.25, 0.3) is 33.6 Å². The zero-order valence-electron chi connectivity index (χ0n) is 20.4. The summed E-state index contributed by atoms with van der Waals surface area (Å²) in [4.78, 5) is 21.6. The summed E-state index contributed by atoms with van der Waals surface area (Å²) in [6, 6.07) is 8.69. The maximum atomic E-state index is 12.3. The van der Waals surface area contributed by atoms with E-state index >= 15 is 0 Å². The van der Waals surface area contributed by atoms with Gasteiger partial charge in [0.15, 0.2) is 5.82 Å². The highest BCUT2D eigenvalue weighted by atomic mass is 16.1. The number of hydrogen-bond acceptors (Lipinski definition) is 5. The minimum atomic E-state index is 0.112. The first-order valence-electron chi connectivity index (χ1n) is 12.2. The van der Waals surface area contributed by atoms with E-state index in [-0.39, 0.29) is 17.9 Å². The predicted octanol–water partition coefficient (Wildman–Crippen LogP) is 4.66. The molecule has 0 radical (unpaired) electrons. The van der Waals surface area contributed by atoms with Crippen molar-refractivity contribution in [3.8, 4) is 33.6 Å². The van der Waals surface area contributed by atoms with Crippen LogP contribution in [0.4, 0.5) is 0 Å². The van der Waals surface area contributed by atoms with Crippen LogP contribution < -0.4 is 5.32 Å². The van der Waals surface area contributed by atoms with Crippen LogP contribution in [-0.2, 0) is 11.8 Å². The van der Waals surface area contributed by atoms with Gasteiger partial charge in [-0.05, 0) is 51.2 Å². The Kier molecular flexibility index (Phi) is 6.44. The normalized spacial score (nSPS) is 18.1. The molecule has 1 aromatic carbocycles. The standard InChI is InChI=1S/C27H31N7O/c1-18(2)32-27(35)19-7-9-25(10-8-19)34-17-24(15-31-34)22-12-28-26(29-13-22)21-6-4-5-20(11-21)23-14-30-33(3)16-23/h4-6,11-19,25H,7-10H2,1-3H3,(H,32,35)/t19-,25-. The number of nitrogens with zero attached hydrogens (tertiary/aromatic N) is 6. The Morgan fingerprint density at radius 2 is 1.57 bits per heavy atom. The first-order valence-corrected chi connectivity index (χ1v) is 12.2. The van der Waals surface area contributed by atoms with Gasteiger partial charge in [-0.2, -0.15) is 10.2 Å². The summed E-state index contributed by atoms with van der Waals surface area (Å²) in [6.45, 7) is 4.01. The van der Waals surface area contributed by atoms with E-state index in [9.17, 15) is 4.79 Å². The van der Waals surface area contributed by atoms with Crippen molar-refractivity contribution in [3.05, 3.63) is 61.4 Å². The number of benzene rings is 1. The first kappa shape index (κ1) is 23.0. The highest BCUT2D eigenvalue weighted by Crippen LogP contribution is 2.33. The van der Waals surface area contributed by atoms with Crippen LogP contribution in [0, 0.1) is 5.92 Å². The third kappa shape index (κ3) is 5.16. The Morgan fingerprint density at radius 1 is 0.886 bits per heavy atom. The van der Waals surface area contributed by atoms with E-state index in [1.807, 2.05) is 68.7 Å². The summed E-state index contributed by atoms with van der Waals surface area (Å²) in [6.07, 6.45) is 15.2. The summed E-state index contributed by atoms with van der Waals surface area (Å²) in [7, 11) is 1.91. The number of nitrogens with one attached hydrogen (secondary N) is 1. The first-order chi connectivity index (χ1) is 17.0. The second kappa shape index (κ2) is 9.82. The Balaban J connectivity index is 1.25. The third-order valence-corrected chi connectivity index (χ3v) is 6.62. The van der Waals surface area contributed by atoms with Crippen molar-refractivity contribution >= 4 is 5.91 Å². The Bertz CT molecular complexity index is 1300. The topological polar surface area (TPSA) is 90.5 Å². The molecular weight excluding hydrogens is 438 g/mol. The van der Waals surface area contributed by atoms with Gasteiger partial charge in [-0.1, -0.05) is 18.2 Å². The molecule has 3 heterocycles. The van der Waals surface area contributed by atoms with Gasteiger partial charge < -0.3 is 5.32 Å². The number of carbonyl (C=O) groups excluding carboxylic acids is 1. The van der Waals surface area contributed by atoms with Crippen molar-refractivity contribution in [2.24, 2.45) is 13.0 Å². The summed E-state index contributed by atoms with van der Waals surface area (Å²) in [5, 5.41) is 11.9. The molecule has 0 unspecified atom stereocenters. The Labute approximate surface area is 205 Å². The molecule has 0 spiro atoms. The average molecular weight is 470 g/mol. The van der Waals surface area contributed by atoms with Gasteiger partial charge in [0.1, 0.15) is 0 Å². The number of rotatable bonds is 6. The monoisotopic (exact) mass is 469 g/mol. The zero-order valence-corrected chi connectivity index (χ0v) is 20.4. The van der Waals surface area contributed by atoms with Crippen molar-refractivity contribution in [1.82, 2.24) is 34.8 Å². The summed E-state index contributed by atoms with van der Waals surface area (Å²) >= 11 is 0. The number of aryl methyl sites for hydroxylation is 1. The molecular formula is C27H31N7O. The Morgan fingerprint density at radius 3 is 2.26 bits per heavy atom. The molecule has 1 fully saturated rings. The van der Waals surface area contributed by atoms with Crippen molar-refractivity contribution in [1.29, 1.82) is 0 Å². The van der Waals surface area contributed by atoms with Crippen LogP contribution >= 0.6 is 0 Å². The zero-order chi connectivity index (χ0) is 24.4. The molecule has 1 saturated carbocycles. The molecule has 8 nitrogen and oxygen atoms in total. The van der Waals surface area contributed by atoms with E-state index in [4.69, 9.17) is 0 Å². The fraction of sp³-hybridized carbons (Fsp3) is 0.370.